The average Bonchev–Trinajstić information content (AvgIpc) is 2.94. The molecule has 0 amide bonds. The van der Waals surface area contributed by atoms with Gasteiger partial charge in [-0.2, -0.15) is 0 Å². The smallest absolute Gasteiger partial charge is 0.163 e. The Morgan fingerprint density at radius 2 is 1.90 bits per heavy atom. The van der Waals surface area contributed by atoms with Gasteiger partial charge in [0.1, 0.15) is 0 Å². The molecule has 1 N–H and O–H groups in total. The van der Waals surface area contributed by atoms with Crippen molar-refractivity contribution in [1.29, 1.82) is 0 Å². The summed E-state index contributed by atoms with van der Waals surface area (Å²) in [7, 11) is 0. The minimum atomic E-state index is -0.775. The third-order valence-electron chi connectivity index (χ3n) is 4.33. The van der Waals surface area contributed by atoms with Crippen LogP contribution in [-0.4, -0.2) is 30.1 Å². The Labute approximate surface area is 120 Å². The van der Waals surface area contributed by atoms with E-state index in [1.165, 1.54) is 18.9 Å². The molecule has 2 rings (SSSR count). The van der Waals surface area contributed by atoms with Gasteiger partial charge in [-0.05, 0) is 52.4 Å². The van der Waals surface area contributed by atoms with Crippen LogP contribution in [0.25, 0.3) is 0 Å². The number of nitrogens with one attached hydrogen (secondary N) is 1. The first-order valence-electron chi connectivity index (χ1n) is 7.40. The van der Waals surface area contributed by atoms with Crippen LogP contribution in [0.4, 0.5) is 8.78 Å². The molecule has 1 aromatic rings. The van der Waals surface area contributed by atoms with E-state index in [-0.39, 0.29) is 11.6 Å². The second-order valence-corrected chi connectivity index (χ2v) is 5.98. The van der Waals surface area contributed by atoms with Gasteiger partial charge >= 0.3 is 0 Å². The maximum Gasteiger partial charge on any atom is 0.163 e. The molecule has 112 valence electrons. The molecule has 1 heterocycles. The Morgan fingerprint density at radius 1 is 1.25 bits per heavy atom. The number of rotatable bonds is 5. The summed E-state index contributed by atoms with van der Waals surface area (Å²) in [4.78, 5) is 2.37. The van der Waals surface area contributed by atoms with Crippen LogP contribution in [0.1, 0.15) is 45.2 Å². The highest BCUT2D eigenvalue weighted by molar-refractivity contribution is 5.26. The monoisotopic (exact) mass is 282 g/mol. The first kappa shape index (κ1) is 15.4. The van der Waals surface area contributed by atoms with Crippen LogP contribution in [-0.2, 0) is 0 Å². The molecule has 1 atom stereocenters. The molecule has 0 aromatic heterocycles. The molecule has 0 radical (unpaired) electrons. The van der Waals surface area contributed by atoms with Crippen molar-refractivity contribution >= 4 is 0 Å². The van der Waals surface area contributed by atoms with E-state index < -0.39 is 11.6 Å². The van der Waals surface area contributed by atoms with Gasteiger partial charge in [-0.3, -0.25) is 4.90 Å². The Kier molecular flexibility index (Phi) is 4.76. The van der Waals surface area contributed by atoms with Crippen molar-refractivity contribution in [1.82, 2.24) is 10.2 Å². The highest BCUT2D eigenvalue weighted by atomic mass is 19.2. The quantitative estimate of drug-likeness (QED) is 0.889. The van der Waals surface area contributed by atoms with Crippen molar-refractivity contribution < 1.29 is 8.78 Å². The van der Waals surface area contributed by atoms with Crippen LogP contribution in [0.15, 0.2) is 18.2 Å². The molecule has 4 heteroatoms. The Morgan fingerprint density at radius 3 is 2.50 bits per heavy atom. The fraction of sp³-hybridized carbons (Fsp3) is 0.625. The molecular formula is C16H24F2N2. The van der Waals surface area contributed by atoms with Crippen LogP contribution in [0.3, 0.4) is 0 Å². The van der Waals surface area contributed by atoms with Gasteiger partial charge in [-0.15, -0.1) is 0 Å². The summed E-state index contributed by atoms with van der Waals surface area (Å²) in [6.45, 7) is 8.96. The van der Waals surface area contributed by atoms with Gasteiger partial charge in [0, 0.05) is 11.1 Å². The summed E-state index contributed by atoms with van der Waals surface area (Å²) in [5.41, 5.74) is 0.171. The third-order valence-corrected chi connectivity index (χ3v) is 4.33. The van der Waals surface area contributed by atoms with Crippen molar-refractivity contribution in [2.45, 2.75) is 45.2 Å². The fourth-order valence-corrected chi connectivity index (χ4v) is 3.16. The number of halogens is 2. The average molecular weight is 282 g/mol. The van der Waals surface area contributed by atoms with E-state index in [1.807, 2.05) is 6.92 Å². The van der Waals surface area contributed by atoms with E-state index in [2.05, 4.69) is 24.1 Å². The van der Waals surface area contributed by atoms with E-state index in [4.69, 9.17) is 0 Å². The lowest BCUT2D eigenvalue weighted by molar-refractivity contribution is 0.105. The molecule has 20 heavy (non-hydrogen) atoms. The molecular weight excluding hydrogens is 258 g/mol. The molecule has 1 fully saturated rings. The summed E-state index contributed by atoms with van der Waals surface area (Å²) >= 11 is 0. The number of benzene rings is 1. The molecule has 2 nitrogen and oxygen atoms in total. The van der Waals surface area contributed by atoms with Gasteiger partial charge in [-0.1, -0.05) is 19.1 Å². The van der Waals surface area contributed by atoms with Crippen molar-refractivity contribution in [3.05, 3.63) is 35.4 Å². The topological polar surface area (TPSA) is 15.3 Å². The summed E-state index contributed by atoms with van der Waals surface area (Å²) in [5, 5.41) is 3.34. The minimum absolute atomic E-state index is 0.221. The predicted octanol–water partition coefficient (Wildman–Crippen LogP) is 3.49. The zero-order chi connectivity index (χ0) is 14.8. The summed E-state index contributed by atoms with van der Waals surface area (Å²) in [5.74, 6) is -1.51. The van der Waals surface area contributed by atoms with Crippen LogP contribution in [0, 0.1) is 11.6 Å². The van der Waals surface area contributed by atoms with Crippen molar-refractivity contribution in [3.63, 3.8) is 0 Å². The molecule has 0 saturated carbocycles. The Bertz CT molecular complexity index is 454. The third kappa shape index (κ3) is 2.86. The molecule has 1 saturated heterocycles. The first-order chi connectivity index (χ1) is 9.48. The zero-order valence-corrected chi connectivity index (χ0v) is 12.5. The zero-order valence-electron chi connectivity index (χ0n) is 12.5. The van der Waals surface area contributed by atoms with Crippen LogP contribution >= 0.6 is 0 Å². The van der Waals surface area contributed by atoms with Crippen molar-refractivity contribution in [2.24, 2.45) is 0 Å². The van der Waals surface area contributed by atoms with Gasteiger partial charge < -0.3 is 5.32 Å². The maximum absolute atomic E-state index is 14.2. The lowest BCUT2D eigenvalue weighted by Gasteiger charge is -2.43. The van der Waals surface area contributed by atoms with Crippen molar-refractivity contribution in [3.8, 4) is 0 Å². The number of nitrogens with zero attached hydrogens (tertiary/aromatic N) is 1. The summed E-state index contributed by atoms with van der Waals surface area (Å²) in [6, 6.07) is 4.22. The Hall–Kier alpha value is -1.00. The van der Waals surface area contributed by atoms with E-state index in [0.717, 1.165) is 19.6 Å². The SMILES string of the molecule is CCNC(c1cccc(F)c1F)C(C)(C)N1CCCC1. The number of likely N-dealkylation sites (N-methyl/N-ethyl adjacent to an activating group) is 1. The van der Waals surface area contributed by atoms with E-state index >= 15 is 0 Å². The van der Waals surface area contributed by atoms with Gasteiger partial charge in [-0.25, -0.2) is 8.78 Å². The van der Waals surface area contributed by atoms with Crippen molar-refractivity contribution in [2.75, 3.05) is 19.6 Å². The largest absolute Gasteiger partial charge is 0.309 e. The molecule has 1 aliphatic heterocycles. The van der Waals surface area contributed by atoms with Crippen LogP contribution < -0.4 is 5.32 Å². The molecule has 1 aromatic carbocycles. The molecule has 0 aliphatic carbocycles. The van der Waals surface area contributed by atoms with Crippen LogP contribution in [0.5, 0.6) is 0 Å². The van der Waals surface area contributed by atoms with Crippen LogP contribution in [0.2, 0.25) is 0 Å². The maximum atomic E-state index is 14.2. The number of hydrogen-bond acceptors (Lipinski definition) is 2. The minimum Gasteiger partial charge on any atom is -0.309 e. The lowest BCUT2D eigenvalue weighted by Crippen LogP contribution is -2.51. The number of likely N-dealkylation sites (tertiary alicyclic amines) is 1. The Balaban J connectivity index is 2.37. The summed E-state index contributed by atoms with van der Waals surface area (Å²) in [6.07, 6.45) is 2.35. The van der Waals surface area contributed by atoms with E-state index in [9.17, 15) is 8.78 Å². The standard InChI is InChI=1S/C16H24F2N2/c1-4-19-15(12-8-7-9-13(17)14(12)18)16(2,3)20-10-5-6-11-20/h7-9,15,19H,4-6,10-11H2,1-3H3. The fourth-order valence-electron chi connectivity index (χ4n) is 3.16. The molecule has 1 aliphatic rings. The molecule has 0 spiro atoms. The first-order valence-corrected chi connectivity index (χ1v) is 7.40. The predicted molar refractivity (Wildman–Crippen MR) is 77.7 cm³/mol. The lowest BCUT2D eigenvalue weighted by atomic mass is 9.86. The number of hydrogen-bond donors (Lipinski definition) is 1. The summed E-state index contributed by atoms with van der Waals surface area (Å²) < 4.78 is 27.7. The molecule has 0 bridgehead atoms. The van der Waals surface area contributed by atoms with Gasteiger partial charge in [0.05, 0.1) is 6.04 Å². The highest BCUT2D eigenvalue weighted by Gasteiger charge is 2.38. The second kappa shape index (κ2) is 6.19. The van der Waals surface area contributed by atoms with Gasteiger partial charge in [0.2, 0.25) is 0 Å². The van der Waals surface area contributed by atoms with E-state index in [1.54, 1.807) is 12.1 Å². The normalized spacial score (nSPS) is 18.4. The second-order valence-electron chi connectivity index (χ2n) is 5.98. The highest BCUT2D eigenvalue weighted by Crippen LogP contribution is 2.35. The van der Waals surface area contributed by atoms with E-state index in [0.29, 0.717) is 5.56 Å². The van der Waals surface area contributed by atoms with Gasteiger partial charge in [0.25, 0.3) is 0 Å². The molecule has 1 unspecified atom stereocenters. The van der Waals surface area contributed by atoms with Gasteiger partial charge in [0.15, 0.2) is 11.6 Å².